The Hall–Kier alpha value is -2.33. The average molecular weight is 338 g/mol. The van der Waals surface area contributed by atoms with Gasteiger partial charge >= 0.3 is 0 Å². The second-order valence-corrected chi connectivity index (χ2v) is 6.83. The van der Waals surface area contributed by atoms with Crippen LogP contribution in [0.25, 0.3) is 0 Å². The quantitative estimate of drug-likeness (QED) is 0.800. The Morgan fingerprint density at radius 2 is 1.72 bits per heavy atom. The molecule has 2 atom stereocenters. The van der Waals surface area contributed by atoms with Crippen LogP contribution in [-0.4, -0.2) is 19.1 Å². The van der Waals surface area contributed by atoms with Crippen molar-refractivity contribution in [2.45, 2.75) is 38.8 Å². The van der Waals surface area contributed by atoms with Crippen LogP contribution in [0.1, 0.15) is 36.9 Å². The highest BCUT2D eigenvalue weighted by Crippen LogP contribution is 2.41. The molecule has 1 aliphatic rings. The van der Waals surface area contributed by atoms with Gasteiger partial charge in [-0.25, -0.2) is 0 Å². The third kappa shape index (κ3) is 4.60. The Morgan fingerprint density at radius 1 is 1.08 bits per heavy atom. The number of carbonyl (C=O) groups is 1. The van der Waals surface area contributed by atoms with Crippen LogP contribution in [0.2, 0.25) is 0 Å². The molecule has 0 radical (unpaired) electrons. The molecule has 0 unspecified atom stereocenters. The van der Waals surface area contributed by atoms with E-state index in [1.165, 1.54) is 24.0 Å². The zero-order valence-electron chi connectivity index (χ0n) is 15.1. The van der Waals surface area contributed by atoms with Gasteiger partial charge in [-0.15, -0.1) is 0 Å². The van der Waals surface area contributed by atoms with Crippen LogP contribution in [-0.2, 0) is 4.79 Å². The van der Waals surface area contributed by atoms with Crippen LogP contribution < -0.4 is 15.4 Å². The molecule has 0 aromatic heterocycles. The highest BCUT2D eigenvalue weighted by molar-refractivity contribution is 5.94. The van der Waals surface area contributed by atoms with Gasteiger partial charge < -0.3 is 10.1 Å². The van der Waals surface area contributed by atoms with Gasteiger partial charge in [0.25, 0.3) is 0 Å². The van der Waals surface area contributed by atoms with E-state index in [1.807, 2.05) is 31.2 Å². The summed E-state index contributed by atoms with van der Waals surface area (Å²) in [5.41, 5.74) is 3.29. The Kier molecular flexibility index (Phi) is 5.39. The fourth-order valence-corrected chi connectivity index (χ4v) is 2.98. The second kappa shape index (κ2) is 7.70. The lowest BCUT2D eigenvalue weighted by Gasteiger charge is -2.23. The van der Waals surface area contributed by atoms with E-state index in [1.54, 1.807) is 7.11 Å². The van der Waals surface area contributed by atoms with Gasteiger partial charge in [0, 0.05) is 11.7 Å². The lowest BCUT2D eigenvalue weighted by Crippen LogP contribution is -2.40. The summed E-state index contributed by atoms with van der Waals surface area (Å²) in [5.74, 6) is 1.37. The number of hydrogen-bond acceptors (Lipinski definition) is 3. The van der Waals surface area contributed by atoms with Gasteiger partial charge in [0.2, 0.25) is 5.91 Å². The van der Waals surface area contributed by atoms with Crippen molar-refractivity contribution in [3.8, 4) is 5.75 Å². The minimum absolute atomic E-state index is 0.0251. The minimum Gasteiger partial charge on any atom is -0.497 e. The monoisotopic (exact) mass is 338 g/mol. The molecule has 0 spiro atoms. The number of anilines is 1. The number of ether oxygens (including phenoxy) is 1. The van der Waals surface area contributed by atoms with Crippen molar-refractivity contribution in [2.75, 3.05) is 12.4 Å². The van der Waals surface area contributed by atoms with Gasteiger partial charge in [-0.1, -0.05) is 29.8 Å². The third-order valence-corrected chi connectivity index (χ3v) is 4.71. The van der Waals surface area contributed by atoms with E-state index in [4.69, 9.17) is 4.74 Å². The molecule has 1 saturated carbocycles. The standard InChI is InChI=1S/C21H26N2O2/c1-14-4-6-16(7-5-14)20(17-8-9-17)22-15(2)21(24)23-18-10-12-19(25-3)13-11-18/h4-7,10-13,15,17,20,22H,8-9H2,1-3H3,(H,23,24)/t15-,20+/m1/s1. The number of methoxy groups -OCH3 is 1. The molecule has 0 heterocycles. The molecule has 2 aromatic rings. The summed E-state index contributed by atoms with van der Waals surface area (Å²) < 4.78 is 5.14. The van der Waals surface area contributed by atoms with E-state index in [9.17, 15) is 4.79 Å². The Balaban J connectivity index is 1.63. The lowest BCUT2D eigenvalue weighted by atomic mass is 10.00. The molecule has 2 N–H and O–H groups in total. The number of carbonyl (C=O) groups excluding carboxylic acids is 1. The molecule has 4 nitrogen and oxygen atoms in total. The summed E-state index contributed by atoms with van der Waals surface area (Å²) in [4.78, 5) is 12.5. The zero-order valence-corrected chi connectivity index (χ0v) is 15.1. The maximum Gasteiger partial charge on any atom is 0.241 e. The molecular weight excluding hydrogens is 312 g/mol. The van der Waals surface area contributed by atoms with Crippen molar-refractivity contribution < 1.29 is 9.53 Å². The largest absolute Gasteiger partial charge is 0.497 e. The first-order chi connectivity index (χ1) is 12.1. The van der Waals surface area contributed by atoms with E-state index in [0.29, 0.717) is 5.92 Å². The van der Waals surface area contributed by atoms with E-state index < -0.39 is 0 Å². The molecular formula is C21H26N2O2. The molecule has 1 amide bonds. The van der Waals surface area contributed by atoms with Gasteiger partial charge in [0.05, 0.1) is 13.2 Å². The normalized spacial score (nSPS) is 16.1. The average Bonchev–Trinajstić information content (AvgIpc) is 3.46. The molecule has 0 bridgehead atoms. The molecule has 1 aliphatic carbocycles. The van der Waals surface area contributed by atoms with Gasteiger partial charge in [0.1, 0.15) is 5.75 Å². The van der Waals surface area contributed by atoms with Gasteiger partial charge in [0.15, 0.2) is 0 Å². The molecule has 4 heteroatoms. The number of amides is 1. The minimum atomic E-state index is -0.269. The zero-order chi connectivity index (χ0) is 17.8. The lowest BCUT2D eigenvalue weighted by molar-refractivity contribution is -0.118. The predicted octanol–water partition coefficient (Wildman–Crippen LogP) is 4.07. The van der Waals surface area contributed by atoms with Crippen LogP contribution in [0.4, 0.5) is 5.69 Å². The van der Waals surface area contributed by atoms with Gasteiger partial charge in [-0.2, -0.15) is 0 Å². The van der Waals surface area contributed by atoms with Crippen LogP contribution in [0.5, 0.6) is 5.75 Å². The highest BCUT2D eigenvalue weighted by atomic mass is 16.5. The molecule has 132 valence electrons. The van der Waals surface area contributed by atoms with Crippen molar-refractivity contribution >= 4 is 11.6 Å². The Morgan fingerprint density at radius 3 is 2.28 bits per heavy atom. The first-order valence-electron chi connectivity index (χ1n) is 8.84. The first kappa shape index (κ1) is 17.5. The van der Waals surface area contributed by atoms with Gasteiger partial charge in [-0.05, 0) is 62.4 Å². The van der Waals surface area contributed by atoms with Gasteiger partial charge in [-0.3, -0.25) is 10.1 Å². The Bertz CT molecular complexity index is 706. The summed E-state index contributed by atoms with van der Waals surface area (Å²) >= 11 is 0. The maximum atomic E-state index is 12.5. The fraction of sp³-hybridized carbons (Fsp3) is 0.381. The predicted molar refractivity (Wildman–Crippen MR) is 101 cm³/mol. The van der Waals surface area contributed by atoms with Crippen molar-refractivity contribution in [1.82, 2.24) is 5.32 Å². The molecule has 1 fully saturated rings. The molecule has 3 rings (SSSR count). The van der Waals surface area contributed by atoms with E-state index in [0.717, 1.165) is 11.4 Å². The van der Waals surface area contributed by atoms with Crippen LogP contribution in [0.3, 0.4) is 0 Å². The summed E-state index contributed by atoms with van der Waals surface area (Å²) in [6.07, 6.45) is 2.44. The smallest absolute Gasteiger partial charge is 0.241 e. The number of rotatable bonds is 7. The molecule has 25 heavy (non-hydrogen) atoms. The van der Waals surface area contributed by atoms with Crippen molar-refractivity contribution in [2.24, 2.45) is 5.92 Å². The molecule has 0 aliphatic heterocycles. The molecule has 2 aromatic carbocycles. The summed E-state index contributed by atoms with van der Waals surface area (Å²) in [5, 5.41) is 6.48. The van der Waals surface area contributed by atoms with Crippen LogP contribution in [0, 0.1) is 12.8 Å². The fourth-order valence-electron chi connectivity index (χ4n) is 2.98. The van der Waals surface area contributed by atoms with E-state index in [-0.39, 0.29) is 18.0 Å². The van der Waals surface area contributed by atoms with E-state index >= 15 is 0 Å². The maximum absolute atomic E-state index is 12.5. The third-order valence-electron chi connectivity index (χ3n) is 4.71. The van der Waals surface area contributed by atoms with Crippen molar-refractivity contribution in [3.63, 3.8) is 0 Å². The highest BCUT2D eigenvalue weighted by Gasteiger charge is 2.34. The van der Waals surface area contributed by atoms with Crippen LogP contribution >= 0.6 is 0 Å². The second-order valence-electron chi connectivity index (χ2n) is 6.83. The first-order valence-corrected chi connectivity index (χ1v) is 8.84. The number of aryl methyl sites for hydroxylation is 1. The van der Waals surface area contributed by atoms with E-state index in [2.05, 4.69) is 41.8 Å². The number of benzene rings is 2. The Labute approximate surface area is 149 Å². The summed E-state index contributed by atoms with van der Waals surface area (Å²) in [6, 6.07) is 15.9. The number of hydrogen-bond donors (Lipinski definition) is 2. The van der Waals surface area contributed by atoms with Crippen LogP contribution in [0.15, 0.2) is 48.5 Å². The topological polar surface area (TPSA) is 50.4 Å². The number of nitrogens with one attached hydrogen (secondary N) is 2. The van der Waals surface area contributed by atoms with Crippen molar-refractivity contribution in [3.05, 3.63) is 59.7 Å². The SMILES string of the molecule is COc1ccc(NC(=O)[C@@H](C)N[C@@H](c2ccc(C)cc2)C2CC2)cc1. The summed E-state index contributed by atoms with van der Waals surface area (Å²) in [6.45, 7) is 4.01. The summed E-state index contributed by atoms with van der Waals surface area (Å²) in [7, 11) is 1.63. The van der Waals surface area contributed by atoms with Crippen molar-refractivity contribution in [1.29, 1.82) is 0 Å². The molecule has 0 saturated heterocycles.